The van der Waals surface area contributed by atoms with Gasteiger partial charge < -0.3 is 5.11 Å². The third-order valence-corrected chi connectivity index (χ3v) is 13.9. The van der Waals surface area contributed by atoms with E-state index in [0.717, 1.165) is 25.7 Å². The summed E-state index contributed by atoms with van der Waals surface area (Å²) >= 11 is 0. The summed E-state index contributed by atoms with van der Waals surface area (Å²) in [4.78, 5) is 0. The van der Waals surface area contributed by atoms with Crippen LogP contribution < -0.4 is 21.2 Å². The fraction of sp³-hybridized carbons (Fsp3) is 0.200. The van der Waals surface area contributed by atoms with Gasteiger partial charge in [-0.25, -0.2) is 0 Å². The lowest BCUT2D eigenvalue weighted by molar-refractivity contribution is 0.135. The predicted octanol–water partition coefficient (Wildman–Crippen LogP) is 6.19. The summed E-state index contributed by atoms with van der Waals surface area (Å²) < 4.78 is 5.98. The van der Waals surface area contributed by atoms with Crippen LogP contribution in [0.15, 0.2) is 126 Å². The molecule has 2 atom stereocenters. The molecule has 4 heteroatoms. The molecule has 0 heterocycles. The van der Waals surface area contributed by atoms with E-state index in [2.05, 4.69) is 121 Å². The summed E-state index contributed by atoms with van der Waals surface area (Å²) in [5.74, 6) is 0. The Bertz CT molecular complexity index is 1150. The fourth-order valence-electron chi connectivity index (χ4n) is 5.07. The Hall–Kier alpha value is -2.50. The smallest absolute Gasteiger partial charge is 0.0771 e. The predicted molar refractivity (Wildman–Crippen MR) is 149 cm³/mol. The summed E-state index contributed by atoms with van der Waals surface area (Å²) in [5, 5.41) is 16.5. The topological polar surface area (TPSA) is 32.6 Å². The van der Waals surface area contributed by atoms with Crippen molar-refractivity contribution in [2.24, 2.45) is 4.52 Å². The third-order valence-electron chi connectivity index (χ3n) is 6.71. The molecule has 0 bridgehead atoms. The van der Waals surface area contributed by atoms with Crippen molar-refractivity contribution in [2.75, 3.05) is 0 Å². The van der Waals surface area contributed by atoms with E-state index in [1.807, 2.05) is 0 Å². The van der Waals surface area contributed by atoms with Gasteiger partial charge in [0.25, 0.3) is 0 Å². The maximum absolute atomic E-state index is 11.5. The number of aliphatic hydroxyl groups is 1. The minimum atomic E-state index is -2.32. The van der Waals surface area contributed by atoms with Crippen LogP contribution in [0.25, 0.3) is 0 Å². The van der Waals surface area contributed by atoms with E-state index in [0.29, 0.717) is 0 Å². The van der Waals surface area contributed by atoms with Crippen LogP contribution in [0.2, 0.25) is 0 Å². The van der Waals surface area contributed by atoms with E-state index in [-0.39, 0.29) is 11.8 Å². The first kappa shape index (κ1) is 23.3. The summed E-state index contributed by atoms with van der Waals surface area (Å²) in [6.45, 7) is 0. The third kappa shape index (κ3) is 4.69. The molecule has 0 radical (unpaired) electrons. The molecule has 1 fully saturated rings. The zero-order valence-electron chi connectivity index (χ0n) is 19.3. The molecule has 172 valence electrons. The maximum Gasteiger partial charge on any atom is 0.0771 e. The molecule has 0 spiro atoms. The molecule has 0 saturated heterocycles. The van der Waals surface area contributed by atoms with Gasteiger partial charge >= 0.3 is 0 Å². The van der Waals surface area contributed by atoms with Crippen molar-refractivity contribution in [3.63, 3.8) is 0 Å². The van der Waals surface area contributed by atoms with Crippen LogP contribution in [0.3, 0.4) is 0 Å². The minimum absolute atomic E-state index is 0.128. The van der Waals surface area contributed by atoms with Gasteiger partial charge in [0.1, 0.15) is 0 Å². The molecule has 34 heavy (non-hydrogen) atoms. The van der Waals surface area contributed by atoms with Gasteiger partial charge in [-0.1, -0.05) is 134 Å². The van der Waals surface area contributed by atoms with Crippen LogP contribution in [-0.2, 0) is 0 Å². The van der Waals surface area contributed by atoms with Gasteiger partial charge in [0.2, 0.25) is 0 Å². The van der Waals surface area contributed by atoms with Crippen molar-refractivity contribution in [3.05, 3.63) is 121 Å². The van der Waals surface area contributed by atoms with Crippen molar-refractivity contribution in [2.45, 2.75) is 37.4 Å². The largest absolute Gasteiger partial charge is 0.392 e. The lowest BCUT2D eigenvalue weighted by Crippen LogP contribution is -2.37. The Morgan fingerprint density at radius 2 is 1.00 bits per heavy atom. The van der Waals surface area contributed by atoms with E-state index >= 15 is 0 Å². The van der Waals surface area contributed by atoms with Gasteiger partial charge in [-0.3, -0.25) is 4.52 Å². The Morgan fingerprint density at radius 1 is 0.588 bits per heavy atom. The first-order chi connectivity index (χ1) is 16.8. The fourth-order valence-corrected chi connectivity index (χ4v) is 13.1. The maximum atomic E-state index is 11.5. The highest BCUT2D eigenvalue weighted by atomic mass is 31.2. The molecular weight excluding hydrogens is 452 g/mol. The number of rotatable bonds is 6. The molecular formula is C30H31NOP2. The van der Waals surface area contributed by atoms with Crippen LogP contribution in [-0.4, -0.2) is 16.9 Å². The van der Waals surface area contributed by atoms with Crippen molar-refractivity contribution in [3.8, 4) is 0 Å². The Labute approximate surface area is 204 Å². The van der Waals surface area contributed by atoms with E-state index in [1.165, 1.54) is 21.2 Å². The molecule has 2 nitrogen and oxygen atoms in total. The van der Waals surface area contributed by atoms with E-state index < -0.39 is 15.1 Å². The second-order valence-corrected chi connectivity index (χ2v) is 14.3. The number of hydrogen-bond acceptors (Lipinski definition) is 2. The summed E-state index contributed by atoms with van der Waals surface area (Å²) in [5.41, 5.74) is 0.128. The van der Waals surface area contributed by atoms with Crippen LogP contribution >= 0.6 is 15.1 Å². The first-order valence-electron chi connectivity index (χ1n) is 12.1. The molecule has 0 aromatic heterocycles. The van der Waals surface area contributed by atoms with Gasteiger partial charge in [-0.05, 0) is 23.5 Å². The van der Waals surface area contributed by atoms with Crippen LogP contribution in [0.4, 0.5) is 0 Å². The zero-order valence-corrected chi connectivity index (χ0v) is 21.1. The Kier molecular flexibility index (Phi) is 7.41. The minimum Gasteiger partial charge on any atom is -0.392 e. The van der Waals surface area contributed by atoms with Gasteiger partial charge in [-0.2, -0.15) is 0 Å². The van der Waals surface area contributed by atoms with Crippen LogP contribution in [0, 0.1) is 0 Å². The lowest BCUT2D eigenvalue weighted by atomic mass is 9.97. The molecule has 0 unspecified atom stereocenters. The number of benzene rings is 4. The van der Waals surface area contributed by atoms with Crippen molar-refractivity contribution < 1.29 is 5.11 Å². The molecule has 4 aromatic rings. The molecule has 1 N–H and O–H groups in total. The number of aliphatic hydroxyl groups excluding tert-OH is 1. The molecule has 1 aliphatic rings. The molecule has 5 rings (SSSR count). The second-order valence-electron chi connectivity index (χ2n) is 8.85. The molecule has 0 aliphatic heterocycles. The SMILES string of the molecule is O[C@@H]1CCCC[C@H]1P(=NP(c1ccccc1)c1ccccc1)(c1ccccc1)c1ccccc1. The second kappa shape index (κ2) is 10.8. The lowest BCUT2D eigenvalue weighted by Gasteiger charge is -2.40. The van der Waals surface area contributed by atoms with Crippen LogP contribution in [0.1, 0.15) is 25.7 Å². The molecule has 1 saturated carbocycles. The highest BCUT2D eigenvalue weighted by molar-refractivity contribution is 7.88. The van der Waals surface area contributed by atoms with Crippen molar-refractivity contribution in [1.82, 2.24) is 0 Å². The monoisotopic (exact) mass is 483 g/mol. The highest BCUT2D eigenvalue weighted by Gasteiger charge is 2.40. The first-order valence-corrected chi connectivity index (χ1v) is 15.2. The Balaban J connectivity index is 1.86. The molecule has 0 amide bonds. The number of nitrogens with zero attached hydrogens (tertiary/aromatic N) is 1. The van der Waals surface area contributed by atoms with Crippen molar-refractivity contribution in [1.29, 1.82) is 0 Å². The average Bonchev–Trinajstić information content (AvgIpc) is 2.92. The average molecular weight is 484 g/mol. The highest BCUT2D eigenvalue weighted by Crippen LogP contribution is 2.62. The standard InChI is InChI=1S/C30H31NOP2/c32-29-23-13-14-24-30(29)34(27-19-9-3-10-20-27,28-21-11-4-12-22-28)31-33(25-15-5-1-6-16-25)26-17-7-2-8-18-26/h1-12,15-22,29-30,32H,13-14,23-24H2/t29-,30-/m1/s1. The van der Waals surface area contributed by atoms with Crippen molar-refractivity contribution >= 4 is 36.3 Å². The quantitative estimate of drug-likeness (QED) is 0.326. The van der Waals surface area contributed by atoms with E-state index in [1.54, 1.807) is 0 Å². The zero-order chi connectivity index (χ0) is 23.2. The van der Waals surface area contributed by atoms with E-state index in [9.17, 15) is 5.11 Å². The van der Waals surface area contributed by atoms with Crippen LogP contribution in [0.5, 0.6) is 0 Å². The van der Waals surface area contributed by atoms with Gasteiger partial charge in [0.05, 0.1) is 14.2 Å². The molecule has 1 aliphatic carbocycles. The van der Waals surface area contributed by atoms with Gasteiger partial charge in [0, 0.05) is 23.3 Å². The van der Waals surface area contributed by atoms with E-state index in [4.69, 9.17) is 4.52 Å². The van der Waals surface area contributed by atoms with Gasteiger partial charge in [0.15, 0.2) is 0 Å². The summed E-state index contributed by atoms with van der Waals surface area (Å²) in [6, 6.07) is 43.1. The normalized spacial score (nSPS) is 18.5. The summed E-state index contributed by atoms with van der Waals surface area (Å²) in [6.07, 6.45) is 3.76. The molecule has 4 aromatic carbocycles. The number of hydrogen-bond donors (Lipinski definition) is 1. The Morgan fingerprint density at radius 3 is 1.44 bits per heavy atom. The summed E-state index contributed by atoms with van der Waals surface area (Å²) in [7, 11) is -3.28. The van der Waals surface area contributed by atoms with Gasteiger partial charge in [-0.15, -0.1) is 0 Å².